The second-order valence-corrected chi connectivity index (χ2v) is 8.27. The van der Waals surface area contributed by atoms with Crippen LogP contribution < -0.4 is 5.32 Å². The van der Waals surface area contributed by atoms with Gasteiger partial charge in [-0.05, 0) is 12.1 Å². The highest BCUT2D eigenvalue weighted by Crippen LogP contribution is 2.68. The molecule has 0 aliphatic carbocycles. The molecule has 0 heterocycles. The van der Waals surface area contributed by atoms with Crippen LogP contribution in [-0.4, -0.2) is 45.9 Å². The predicted molar refractivity (Wildman–Crippen MR) is 72.1 cm³/mol. The second kappa shape index (κ2) is 5.98. The Labute approximate surface area is 123 Å². The van der Waals surface area contributed by atoms with E-state index in [-0.39, 0.29) is 5.69 Å². The van der Waals surface area contributed by atoms with Crippen molar-refractivity contribution >= 4 is 26.8 Å². The minimum absolute atomic E-state index is 0.385. The zero-order valence-electron chi connectivity index (χ0n) is 10.7. The van der Waals surface area contributed by atoms with Gasteiger partial charge < -0.3 is 40.2 Å². The fourth-order valence-electron chi connectivity index (χ4n) is 1.42. The van der Waals surface area contributed by atoms with Crippen molar-refractivity contribution < 1.29 is 48.8 Å². The summed E-state index contributed by atoms with van der Waals surface area (Å²) in [6, 6.07) is 3.39. The van der Waals surface area contributed by atoms with Crippen LogP contribution in [0.4, 0.5) is 5.69 Å². The normalized spacial score (nSPS) is 13.0. The Balaban J connectivity index is 3.07. The molecule has 22 heavy (non-hydrogen) atoms. The van der Waals surface area contributed by atoms with Crippen molar-refractivity contribution in [2.75, 3.05) is 5.32 Å². The molecule has 0 atom stereocenters. The average Bonchev–Trinajstić information content (AvgIpc) is 2.32. The summed E-state index contributed by atoms with van der Waals surface area (Å²) >= 11 is 0. The molecule has 0 saturated heterocycles. The monoisotopic (exact) mass is 357 g/mol. The zero-order valence-corrected chi connectivity index (χ0v) is 12.5. The highest BCUT2D eigenvalue weighted by molar-refractivity contribution is 7.72. The number of amides is 1. The maximum Gasteiger partial charge on any atom is 0.370 e. The topological polar surface area (TPSA) is 205 Å². The van der Waals surface area contributed by atoms with Crippen molar-refractivity contribution in [1.29, 1.82) is 0 Å². The van der Waals surface area contributed by atoms with Crippen molar-refractivity contribution in [1.82, 2.24) is 0 Å². The molecule has 0 fully saturated rings. The molecule has 0 spiro atoms. The Morgan fingerprint density at radius 2 is 1.59 bits per heavy atom. The molecule has 0 unspecified atom stereocenters. The number of carbonyl (C=O) groups is 1. The molecule has 0 saturated carbocycles. The number of benzene rings is 1. The Hall–Kier alpha value is -1.45. The van der Waals surface area contributed by atoms with Crippen LogP contribution in [-0.2, 0) is 13.9 Å². The molecule has 8 N–H and O–H groups in total. The average molecular weight is 357 g/mol. The Morgan fingerprint density at radius 3 is 2.05 bits per heavy atom. The van der Waals surface area contributed by atoms with E-state index >= 15 is 0 Å². The van der Waals surface area contributed by atoms with Gasteiger partial charge in [0.2, 0.25) is 5.91 Å². The van der Waals surface area contributed by atoms with E-state index in [0.29, 0.717) is 0 Å². The highest BCUT2D eigenvalue weighted by atomic mass is 31.2. The first-order valence-electron chi connectivity index (χ1n) is 5.44. The van der Waals surface area contributed by atoms with Crippen molar-refractivity contribution in [3.63, 3.8) is 0 Å². The largest absolute Gasteiger partial charge is 0.504 e. The van der Waals surface area contributed by atoms with E-state index in [1.165, 1.54) is 6.07 Å². The lowest BCUT2D eigenvalue weighted by atomic mass is 10.2. The van der Waals surface area contributed by atoms with E-state index in [1.807, 2.05) is 5.32 Å². The molecule has 124 valence electrons. The number of aliphatic hydroxyl groups is 1. The minimum Gasteiger partial charge on any atom is -0.504 e. The van der Waals surface area contributed by atoms with Crippen LogP contribution in [0.5, 0.6) is 11.5 Å². The third kappa shape index (κ3) is 3.65. The quantitative estimate of drug-likeness (QED) is 0.249. The van der Waals surface area contributed by atoms with Gasteiger partial charge in [-0.25, -0.2) is 0 Å². The van der Waals surface area contributed by atoms with Crippen LogP contribution >= 0.6 is 15.2 Å². The lowest BCUT2D eigenvalue weighted by molar-refractivity contribution is -0.118. The van der Waals surface area contributed by atoms with Gasteiger partial charge in [-0.2, -0.15) is 0 Å². The van der Waals surface area contributed by atoms with E-state index < -0.39 is 44.1 Å². The van der Waals surface area contributed by atoms with Gasteiger partial charge >= 0.3 is 15.2 Å². The van der Waals surface area contributed by atoms with E-state index in [2.05, 4.69) is 0 Å². The van der Waals surface area contributed by atoms with E-state index in [0.717, 1.165) is 12.1 Å². The third-order valence-corrected chi connectivity index (χ3v) is 6.37. The molecular formula is C9H13NO10P2. The Kier molecular flexibility index (Phi) is 5.05. The summed E-state index contributed by atoms with van der Waals surface area (Å²) in [5.74, 6) is -2.79. The molecule has 13 heteroatoms. The van der Waals surface area contributed by atoms with E-state index in [4.69, 9.17) is 19.6 Å². The summed E-state index contributed by atoms with van der Waals surface area (Å²) in [5.41, 5.74) is -0.385. The van der Waals surface area contributed by atoms with Crippen LogP contribution in [0.1, 0.15) is 6.42 Å². The van der Waals surface area contributed by atoms with Gasteiger partial charge in [-0.1, -0.05) is 6.07 Å². The van der Waals surface area contributed by atoms with Crippen LogP contribution in [0.25, 0.3) is 0 Å². The predicted octanol–water partition coefficient (Wildman–Crippen LogP) is -0.572. The smallest absolute Gasteiger partial charge is 0.370 e. The molecule has 0 bridgehead atoms. The number of nitrogens with one attached hydrogen (secondary N) is 1. The molecular weight excluding hydrogens is 344 g/mol. The summed E-state index contributed by atoms with van der Waals surface area (Å²) in [6.07, 6.45) is -1.64. The SMILES string of the molecule is O=C(CC(O)(P(=O)(O)O)P(=O)(O)O)Nc1cccc(O)c1O. The highest BCUT2D eigenvalue weighted by Gasteiger charge is 2.60. The number of carbonyl (C=O) groups excluding carboxylic acids is 1. The number of anilines is 1. The number of para-hydroxylation sites is 1. The van der Waals surface area contributed by atoms with Crippen molar-refractivity contribution in [2.24, 2.45) is 0 Å². The summed E-state index contributed by atoms with van der Waals surface area (Å²) in [4.78, 5) is 47.2. The molecule has 0 aromatic heterocycles. The standard InChI is InChI=1S/C9H13NO10P2/c11-6-3-1-2-5(8(6)13)10-7(12)4-9(14,21(15,16)17)22(18,19)20/h1-3,11,13-14H,4H2,(H,10,12)(H2,15,16,17)(H2,18,19,20). The lowest BCUT2D eigenvalue weighted by Crippen LogP contribution is -2.33. The maximum atomic E-state index is 11.6. The van der Waals surface area contributed by atoms with Crippen molar-refractivity contribution in [2.45, 2.75) is 11.5 Å². The van der Waals surface area contributed by atoms with Crippen LogP contribution in [0.3, 0.4) is 0 Å². The van der Waals surface area contributed by atoms with Crippen molar-refractivity contribution in [3.05, 3.63) is 18.2 Å². The first kappa shape index (κ1) is 18.6. The second-order valence-electron chi connectivity index (χ2n) is 4.26. The molecule has 11 nitrogen and oxygen atoms in total. The Morgan fingerprint density at radius 1 is 1.09 bits per heavy atom. The number of phenols is 2. The number of rotatable bonds is 5. The third-order valence-electron chi connectivity index (χ3n) is 2.62. The van der Waals surface area contributed by atoms with Crippen molar-refractivity contribution in [3.8, 4) is 11.5 Å². The summed E-state index contributed by atoms with van der Waals surface area (Å²) in [7, 11) is -11.5. The van der Waals surface area contributed by atoms with Gasteiger partial charge in [0, 0.05) is 0 Å². The van der Waals surface area contributed by atoms with Gasteiger partial charge in [-0.3, -0.25) is 13.9 Å². The fourth-order valence-corrected chi connectivity index (χ4v) is 3.47. The summed E-state index contributed by atoms with van der Waals surface area (Å²) < 4.78 is 22.2. The number of phenolic OH excluding ortho intramolecular Hbond substituents is 2. The number of hydrogen-bond acceptors (Lipinski definition) is 6. The van der Waals surface area contributed by atoms with Crippen LogP contribution in [0, 0.1) is 0 Å². The maximum absolute atomic E-state index is 11.6. The van der Waals surface area contributed by atoms with Gasteiger partial charge in [0.15, 0.2) is 11.5 Å². The number of aromatic hydroxyl groups is 2. The summed E-state index contributed by atoms with van der Waals surface area (Å²) in [5, 5.41) is 26.1. The molecule has 1 aromatic carbocycles. The van der Waals surface area contributed by atoms with Crippen LogP contribution in [0.2, 0.25) is 0 Å². The molecule has 1 aromatic rings. The summed E-state index contributed by atoms with van der Waals surface area (Å²) in [6.45, 7) is 0. The Bertz CT molecular complexity index is 655. The van der Waals surface area contributed by atoms with Gasteiger partial charge in [-0.15, -0.1) is 0 Å². The van der Waals surface area contributed by atoms with Gasteiger partial charge in [0.25, 0.3) is 5.08 Å². The first-order valence-corrected chi connectivity index (χ1v) is 8.66. The molecule has 1 amide bonds. The van der Waals surface area contributed by atoms with Gasteiger partial charge in [0.05, 0.1) is 12.1 Å². The van der Waals surface area contributed by atoms with Crippen LogP contribution in [0.15, 0.2) is 18.2 Å². The first-order chi connectivity index (χ1) is 9.79. The molecule has 0 aliphatic rings. The molecule has 1 rings (SSSR count). The molecule has 0 aliphatic heterocycles. The fraction of sp³-hybridized carbons (Fsp3) is 0.222. The van der Waals surface area contributed by atoms with E-state index in [9.17, 15) is 29.2 Å². The zero-order chi connectivity index (χ0) is 17.3. The lowest BCUT2D eigenvalue weighted by Gasteiger charge is -2.28. The van der Waals surface area contributed by atoms with E-state index in [1.54, 1.807) is 0 Å². The minimum atomic E-state index is -5.77. The van der Waals surface area contributed by atoms with Gasteiger partial charge in [0.1, 0.15) is 0 Å². The molecule has 0 radical (unpaired) electrons. The number of hydrogen-bond donors (Lipinski definition) is 8.